The molecule has 2 unspecified atom stereocenters. The lowest BCUT2D eigenvalue weighted by atomic mass is 10.3. The molecule has 1 nitrogen and oxygen atoms in total. The maximum absolute atomic E-state index is 2.68. The Kier molecular flexibility index (Phi) is 1.94. The molecule has 9 heavy (non-hydrogen) atoms. The van der Waals surface area contributed by atoms with E-state index in [1.54, 1.807) is 0 Å². The highest BCUT2D eigenvalue weighted by molar-refractivity contribution is 7.29. The minimum absolute atomic E-state index is 1.22. The maximum Gasteiger partial charge on any atom is 0.0382 e. The molecule has 2 atom stereocenters. The Morgan fingerprint density at radius 3 is 2.11 bits per heavy atom. The predicted molar refractivity (Wildman–Crippen MR) is 48.4 cm³/mol. The van der Waals surface area contributed by atoms with Crippen molar-refractivity contribution in [2.75, 3.05) is 0 Å². The molecule has 50 valence electrons. The van der Waals surface area contributed by atoms with Gasteiger partial charge in [0.25, 0.3) is 0 Å². The van der Waals surface area contributed by atoms with E-state index in [2.05, 4.69) is 42.9 Å². The van der Waals surface area contributed by atoms with Crippen molar-refractivity contribution in [1.82, 2.24) is 4.34 Å². The first kappa shape index (κ1) is 7.25. The zero-order valence-corrected chi connectivity index (χ0v) is 7.99. The number of aromatic nitrogens is 1. The van der Waals surface area contributed by atoms with Crippen LogP contribution in [0.15, 0.2) is 6.07 Å². The third-order valence-corrected chi connectivity index (χ3v) is 3.00. The zero-order chi connectivity index (χ0) is 7.02. The van der Waals surface area contributed by atoms with Crippen molar-refractivity contribution in [3.8, 4) is 0 Å². The van der Waals surface area contributed by atoms with Crippen LogP contribution in [0.25, 0.3) is 0 Å². The van der Waals surface area contributed by atoms with Crippen LogP contribution in [0.4, 0.5) is 0 Å². The molecule has 0 fully saturated rings. The van der Waals surface area contributed by atoms with Gasteiger partial charge in [0.15, 0.2) is 0 Å². The van der Waals surface area contributed by atoms with Crippen molar-refractivity contribution in [2.24, 2.45) is 0 Å². The standard InChI is InChI=1S/C6H11NP2/c1-4-3-6(8)7(9)5(4)2/h3H,8-9H2,1-2H3. The Hall–Kier alpha value is 0.140. The van der Waals surface area contributed by atoms with Gasteiger partial charge >= 0.3 is 0 Å². The van der Waals surface area contributed by atoms with Crippen LogP contribution in [0.1, 0.15) is 11.3 Å². The Balaban J connectivity index is 3.29. The first-order chi connectivity index (χ1) is 4.13. The largest absolute Gasteiger partial charge is 0.330 e. The molecule has 1 rings (SSSR count). The molecule has 0 saturated heterocycles. The minimum Gasteiger partial charge on any atom is -0.330 e. The lowest BCUT2D eigenvalue weighted by Gasteiger charge is -1.97. The molecule has 0 aliphatic carbocycles. The van der Waals surface area contributed by atoms with Gasteiger partial charge in [-0.05, 0) is 34.9 Å². The summed E-state index contributed by atoms with van der Waals surface area (Å²) in [6.45, 7) is 4.22. The lowest BCUT2D eigenvalue weighted by molar-refractivity contribution is 1.18. The van der Waals surface area contributed by atoms with E-state index in [4.69, 9.17) is 0 Å². The first-order valence-corrected chi connectivity index (χ1v) is 3.92. The molecule has 0 radical (unpaired) electrons. The molecule has 0 aromatic carbocycles. The summed E-state index contributed by atoms with van der Waals surface area (Å²) in [5.41, 5.74) is 3.87. The molecular weight excluding hydrogens is 148 g/mol. The van der Waals surface area contributed by atoms with Crippen molar-refractivity contribution < 1.29 is 0 Å². The third kappa shape index (κ3) is 1.18. The quantitative estimate of drug-likeness (QED) is 0.502. The van der Waals surface area contributed by atoms with E-state index >= 15 is 0 Å². The summed E-state index contributed by atoms with van der Waals surface area (Å²) in [6, 6.07) is 2.15. The smallest absolute Gasteiger partial charge is 0.0382 e. The molecule has 3 heteroatoms. The van der Waals surface area contributed by atoms with E-state index in [0.717, 1.165) is 0 Å². The zero-order valence-electron chi connectivity index (χ0n) is 5.68. The van der Waals surface area contributed by atoms with Crippen molar-refractivity contribution in [1.29, 1.82) is 0 Å². The van der Waals surface area contributed by atoms with Crippen LogP contribution in [-0.2, 0) is 0 Å². The second-order valence-electron chi connectivity index (χ2n) is 2.21. The van der Waals surface area contributed by atoms with Gasteiger partial charge in [-0.25, -0.2) is 0 Å². The topological polar surface area (TPSA) is 4.93 Å². The molecule has 1 aromatic heterocycles. The fourth-order valence-corrected chi connectivity index (χ4v) is 1.50. The Morgan fingerprint density at radius 1 is 1.44 bits per heavy atom. The monoisotopic (exact) mass is 159 g/mol. The summed E-state index contributed by atoms with van der Waals surface area (Å²) in [5.74, 6) is 0. The molecule has 1 heterocycles. The van der Waals surface area contributed by atoms with Crippen LogP contribution in [0.3, 0.4) is 0 Å². The van der Waals surface area contributed by atoms with Crippen LogP contribution in [0.2, 0.25) is 0 Å². The van der Waals surface area contributed by atoms with Crippen LogP contribution >= 0.6 is 18.6 Å². The van der Waals surface area contributed by atoms with E-state index in [0.29, 0.717) is 0 Å². The van der Waals surface area contributed by atoms with Gasteiger partial charge in [0.2, 0.25) is 0 Å². The average molecular weight is 159 g/mol. The Morgan fingerprint density at radius 2 is 2.00 bits per heavy atom. The Labute approximate surface area is 60.3 Å². The normalized spacial score (nSPS) is 10.2. The molecule has 0 spiro atoms. The first-order valence-electron chi connectivity index (χ1n) is 2.82. The number of hydrogen-bond donors (Lipinski definition) is 0. The van der Waals surface area contributed by atoms with E-state index in [1.807, 2.05) is 0 Å². The van der Waals surface area contributed by atoms with Gasteiger partial charge < -0.3 is 4.34 Å². The third-order valence-electron chi connectivity index (χ3n) is 1.57. The van der Waals surface area contributed by atoms with Crippen LogP contribution in [0, 0.1) is 13.8 Å². The van der Waals surface area contributed by atoms with Gasteiger partial charge in [-0.15, -0.1) is 0 Å². The van der Waals surface area contributed by atoms with Crippen molar-refractivity contribution in [3.63, 3.8) is 0 Å². The van der Waals surface area contributed by atoms with Crippen molar-refractivity contribution in [3.05, 3.63) is 17.3 Å². The molecule has 0 aliphatic rings. The average Bonchev–Trinajstić information content (AvgIpc) is 1.98. The van der Waals surface area contributed by atoms with Crippen LogP contribution in [-0.4, -0.2) is 4.34 Å². The fraction of sp³-hybridized carbons (Fsp3) is 0.333. The maximum atomic E-state index is 2.68. The molecule has 0 N–H and O–H groups in total. The SMILES string of the molecule is Cc1cc(P)n(P)c1C. The number of aryl methyl sites for hydroxylation is 1. The highest BCUT2D eigenvalue weighted by atomic mass is 31.0. The molecule has 0 saturated carbocycles. The van der Waals surface area contributed by atoms with E-state index in [9.17, 15) is 0 Å². The highest BCUT2D eigenvalue weighted by Gasteiger charge is 1.99. The summed E-state index contributed by atoms with van der Waals surface area (Å²) < 4.78 is 2.08. The molecular formula is C6H11NP2. The summed E-state index contributed by atoms with van der Waals surface area (Å²) in [6.07, 6.45) is 0. The van der Waals surface area contributed by atoms with E-state index < -0.39 is 0 Å². The van der Waals surface area contributed by atoms with Crippen LogP contribution < -0.4 is 5.44 Å². The summed E-state index contributed by atoms with van der Waals surface area (Å²) in [7, 11) is 5.35. The summed E-state index contributed by atoms with van der Waals surface area (Å²) in [5, 5.41) is 0. The second-order valence-corrected chi connectivity index (χ2v) is 3.32. The highest BCUT2D eigenvalue weighted by Crippen LogP contribution is 2.10. The van der Waals surface area contributed by atoms with E-state index in [-0.39, 0.29) is 0 Å². The summed E-state index contributed by atoms with van der Waals surface area (Å²) >= 11 is 0. The molecule has 0 aliphatic heterocycles. The number of nitrogens with zero attached hydrogens (tertiary/aromatic N) is 1. The van der Waals surface area contributed by atoms with Crippen molar-refractivity contribution >= 4 is 24.1 Å². The van der Waals surface area contributed by atoms with Gasteiger partial charge in [-0.3, -0.25) is 0 Å². The van der Waals surface area contributed by atoms with Gasteiger partial charge in [-0.1, -0.05) is 9.24 Å². The molecule has 0 bridgehead atoms. The van der Waals surface area contributed by atoms with Crippen molar-refractivity contribution in [2.45, 2.75) is 13.8 Å². The summed E-state index contributed by atoms with van der Waals surface area (Å²) in [4.78, 5) is 0. The Bertz CT molecular complexity index is 205. The van der Waals surface area contributed by atoms with Crippen LogP contribution in [0.5, 0.6) is 0 Å². The second kappa shape index (κ2) is 2.40. The van der Waals surface area contributed by atoms with Gasteiger partial charge in [0.05, 0.1) is 0 Å². The van der Waals surface area contributed by atoms with Gasteiger partial charge in [-0.2, -0.15) is 0 Å². The number of rotatable bonds is 0. The number of hydrogen-bond acceptors (Lipinski definition) is 0. The van der Waals surface area contributed by atoms with E-state index in [1.165, 1.54) is 16.7 Å². The predicted octanol–water partition coefficient (Wildman–Crippen LogP) is 1.24. The molecule has 0 amide bonds. The van der Waals surface area contributed by atoms with Gasteiger partial charge in [0.1, 0.15) is 0 Å². The fourth-order valence-electron chi connectivity index (χ4n) is 0.779. The molecule has 1 aromatic rings. The lowest BCUT2D eigenvalue weighted by Crippen LogP contribution is -1.97. The van der Waals surface area contributed by atoms with Gasteiger partial charge in [0, 0.05) is 11.1 Å². The minimum atomic E-state index is 1.22.